The Morgan fingerprint density at radius 1 is 1.14 bits per heavy atom. The molecule has 1 aromatic carbocycles. The van der Waals surface area contributed by atoms with Gasteiger partial charge in [-0.3, -0.25) is 4.79 Å². The van der Waals surface area contributed by atoms with Gasteiger partial charge < -0.3 is 15.4 Å². The Labute approximate surface area is 118 Å². The number of hydrogen-bond donors (Lipinski definition) is 3. The van der Waals surface area contributed by atoms with Crippen LogP contribution in [0.5, 0.6) is 0 Å². The Bertz CT molecular complexity index is 841. The number of carboxylic acid groups (broad SMARTS) is 1. The first kappa shape index (κ1) is 12.8. The number of amides is 1. The van der Waals surface area contributed by atoms with E-state index in [-0.39, 0.29) is 11.5 Å². The number of aromatic carboxylic acids is 1. The summed E-state index contributed by atoms with van der Waals surface area (Å²) in [4.78, 5) is 33.7. The third-order valence-corrected chi connectivity index (χ3v) is 2.95. The lowest BCUT2D eigenvalue weighted by Crippen LogP contribution is -2.16. The van der Waals surface area contributed by atoms with E-state index in [0.29, 0.717) is 5.56 Å². The zero-order chi connectivity index (χ0) is 14.8. The molecule has 2 heterocycles. The van der Waals surface area contributed by atoms with Crippen molar-refractivity contribution in [3.63, 3.8) is 0 Å². The van der Waals surface area contributed by atoms with Gasteiger partial charge in [0.2, 0.25) is 0 Å². The molecular formula is C14H10N4O3. The van der Waals surface area contributed by atoms with Gasteiger partial charge in [0.05, 0.1) is 0 Å². The Kier molecular flexibility index (Phi) is 3.07. The van der Waals surface area contributed by atoms with Crippen LogP contribution in [0.3, 0.4) is 0 Å². The molecule has 0 aliphatic rings. The van der Waals surface area contributed by atoms with Crippen LogP contribution in [0.15, 0.2) is 42.9 Å². The second-order valence-electron chi connectivity index (χ2n) is 4.29. The first-order valence-corrected chi connectivity index (χ1v) is 6.08. The molecule has 7 nitrogen and oxygen atoms in total. The van der Waals surface area contributed by atoms with Crippen LogP contribution in [0.4, 0.5) is 5.82 Å². The van der Waals surface area contributed by atoms with Gasteiger partial charge in [-0.05, 0) is 24.3 Å². The number of rotatable bonds is 3. The zero-order valence-corrected chi connectivity index (χ0v) is 10.7. The molecule has 0 bridgehead atoms. The van der Waals surface area contributed by atoms with E-state index < -0.39 is 11.9 Å². The molecule has 2 aromatic heterocycles. The van der Waals surface area contributed by atoms with Crippen molar-refractivity contribution in [1.82, 2.24) is 15.0 Å². The van der Waals surface area contributed by atoms with Crippen LogP contribution in [-0.4, -0.2) is 31.9 Å². The predicted octanol–water partition coefficient (Wildman–Crippen LogP) is 1.91. The van der Waals surface area contributed by atoms with Gasteiger partial charge in [0.25, 0.3) is 5.91 Å². The number of benzene rings is 1. The molecule has 104 valence electrons. The lowest BCUT2D eigenvalue weighted by Gasteiger charge is -2.06. The van der Waals surface area contributed by atoms with Gasteiger partial charge in [0, 0.05) is 35.1 Å². The van der Waals surface area contributed by atoms with E-state index in [9.17, 15) is 9.59 Å². The fraction of sp³-hybridized carbons (Fsp3) is 0. The summed E-state index contributed by atoms with van der Waals surface area (Å²) in [6, 6.07) is 6.97. The predicted molar refractivity (Wildman–Crippen MR) is 75.2 cm³/mol. The minimum atomic E-state index is -1.25. The lowest BCUT2D eigenvalue weighted by molar-refractivity contribution is 0.0691. The Hall–Kier alpha value is -3.22. The monoisotopic (exact) mass is 282 g/mol. The Morgan fingerprint density at radius 2 is 1.95 bits per heavy atom. The number of aromatic nitrogens is 3. The number of anilines is 1. The van der Waals surface area contributed by atoms with Crippen LogP contribution in [0.1, 0.15) is 20.8 Å². The third kappa shape index (κ3) is 2.44. The van der Waals surface area contributed by atoms with Gasteiger partial charge in [-0.25, -0.2) is 14.8 Å². The van der Waals surface area contributed by atoms with Gasteiger partial charge in [-0.15, -0.1) is 0 Å². The number of carbonyl (C=O) groups excluding carboxylic acids is 1. The van der Waals surface area contributed by atoms with Crippen molar-refractivity contribution in [3.8, 4) is 0 Å². The third-order valence-electron chi connectivity index (χ3n) is 2.95. The van der Waals surface area contributed by atoms with Crippen LogP contribution in [0.2, 0.25) is 0 Å². The number of H-pyrrole nitrogens is 1. The molecule has 3 aromatic rings. The SMILES string of the molecule is O=C(Nc1nccnc1C(=O)O)c1ccc2[nH]ccc2c1. The summed E-state index contributed by atoms with van der Waals surface area (Å²) in [6.45, 7) is 0. The topological polar surface area (TPSA) is 108 Å². The van der Waals surface area contributed by atoms with Gasteiger partial charge in [-0.1, -0.05) is 0 Å². The van der Waals surface area contributed by atoms with Crippen molar-refractivity contribution in [3.05, 3.63) is 54.1 Å². The molecule has 0 aliphatic carbocycles. The molecule has 3 rings (SSSR count). The zero-order valence-electron chi connectivity index (χ0n) is 10.7. The van der Waals surface area contributed by atoms with Crippen molar-refractivity contribution in [2.75, 3.05) is 5.32 Å². The number of fused-ring (bicyclic) bond motifs is 1. The quantitative estimate of drug-likeness (QED) is 0.680. The molecule has 1 amide bonds. The summed E-state index contributed by atoms with van der Waals surface area (Å²) in [5, 5.41) is 12.4. The molecule has 0 atom stereocenters. The summed E-state index contributed by atoms with van der Waals surface area (Å²) in [5.74, 6) is -1.77. The van der Waals surface area contributed by atoms with Crippen LogP contribution in [-0.2, 0) is 0 Å². The molecule has 0 unspecified atom stereocenters. The van der Waals surface area contributed by atoms with E-state index in [1.807, 2.05) is 6.07 Å². The fourth-order valence-corrected chi connectivity index (χ4v) is 1.96. The molecule has 0 spiro atoms. The van der Waals surface area contributed by atoms with E-state index in [2.05, 4.69) is 20.3 Å². The van der Waals surface area contributed by atoms with Gasteiger partial charge in [0.15, 0.2) is 11.5 Å². The number of carbonyl (C=O) groups is 2. The Morgan fingerprint density at radius 3 is 2.76 bits per heavy atom. The number of nitrogens with one attached hydrogen (secondary N) is 2. The van der Waals surface area contributed by atoms with Gasteiger partial charge in [0.1, 0.15) is 0 Å². The van der Waals surface area contributed by atoms with Crippen molar-refractivity contribution >= 4 is 28.6 Å². The molecule has 0 radical (unpaired) electrons. The standard InChI is InChI=1S/C14H10N4O3/c19-13(9-1-2-10-8(7-9)3-4-15-10)18-12-11(14(20)21)16-5-6-17-12/h1-7,15H,(H,20,21)(H,17,18,19). The molecular weight excluding hydrogens is 272 g/mol. The normalized spacial score (nSPS) is 10.5. The van der Waals surface area contributed by atoms with Gasteiger partial charge >= 0.3 is 5.97 Å². The average Bonchev–Trinajstić information content (AvgIpc) is 2.94. The minimum absolute atomic E-state index is 0.0795. The summed E-state index contributed by atoms with van der Waals surface area (Å²) < 4.78 is 0. The van der Waals surface area contributed by atoms with E-state index in [1.54, 1.807) is 24.4 Å². The van der Waals surface area contributed by atoms with Crippen LogP contribution >= 0.6 is 0 Å². The summed E-state index contributed by atoms with van der Waals surface area (Å²) in [7, 11) is 0. The summed E-state index contributed by atoms with van der Waals surface area (Å²) in [5.41, 5.74) is 1.02. The van der Waals surface area contributed by atoms with E-state index >= 15 is 0 Å². The average molecular weight is 282 g/mol. The maximum Gasteiger partial charge on any atom is 0.358 e. The number of carboxylic acids is 1. The highest BCUT2D eigenvalue weighted by Gasteiger charge is 2.16. The molecule has 0 saturated carbocycles. The van der Waals surface area contributed by atoms with E-state index in [1.165, 1.54) is 12.4 Å². The van der Waals surface area contributed by atoms with Gasteiger partial charge in [-0.2, -0.15) is 0 Å². The highest BCUT2D eigenvalue weighted by Crippen LogP contribution is 2.16. The van der Waals surface area contributed by atoms with E-state index in [0.717, 1.165) is 10.9 Å². The summed E-state index contributed by atoms with van der Waals surface area (Å²) >= 11 is 0. The van der Waals surface area contributed by atoms with Crippen molar-refractivity contribution in [1.29, 1.82) is 0 Å². The molecule has 0 saturated heterocycles. The Balaban J connectivity index is 1.91. The largest absolute Gasteiger partial charge is 0.476 e. The molecule has 3 N–H and O–H groups in total. The molecule has 0 aliphatic heterocycles. The fourth-order valence-electron chi connectivity index (χ4n) is 1.96. The second-order valence-corrected chi connectivity index (χ2v) is 4.29. The van der Waals surface area contributed by atoms with Crippen molar-refractivity contribution in [2.24, 2.45) is 0 Å². The van der Waals surface area contributed by atoms with Crippen LogP contribution in [0, 0.1) is 0 Å². The summed E-state index contributed by atoms with van der Waals surface area (Å²) in [6.07, 6.45) is 4.35. The van der Waals surface area contributed by atoms with Crippen molar-refractivity contribution in [2.45, 2.75) is 0 Å². The first-order chi connectivity index (χ1) is 10.1. The van der Waals surface area contributed by atoms with Crippen LogP contribution < -0.4 is 5.32 Å². The second kappa shape index (κ2) is 5.04. The highest BCUT2D eigenvalue weighted by atomic mass is 16.4. The number of nitrogens with zero attached hydrogens (tertiary/aromatic N) is 2. The molecule has 0 fully saturated rings. The maximum absolute atomic E-state index is 12.2. The van der Waals surface area contributed by atoms with E-state index in [4.69, 9.17) is 5.11 Å². The number of hydrogen-bond acceptors (Lipinski definition) is 4. The smallest absolute Gasteiger partial charge is 0.358 e. The molecule has 7 heteroatoms. The highest BCUT2D eigenvalue weighted by molar-refractivity contribution is 6.07. The van der Waals surface area contributed by atoms with Crippen molar-refractivity contribution < 1.29 is 14.7 Å². The number of aromatic amines is 1. The van der Waals surface area contributed by atoms with Crippen LogP contribution in [0.25, 0.3) is 10.9 Å². The maximum atomic E-state index is 12.2. The lowest BCUT2D eigenvalue weighted by atomic mass is 10.1. The minimum Gasteiger partial charge on any atom is -0.476 e. The molecule has 21 heavy (non-hydrogen) atoms. The first-order valence-electron chi connectivity index (χ1n) is 6.08.